The number of anilines is 1. The summed E-state index contributed by atoms with van der Waals surface area (Å²) in [6.07, 6.45) is 0. The van der Waals surface area contributed by atoms with E-state index in [0.29, 0.717) is 5.13 Å². The highest BCUT2D eigenvalue weighted by molar-refractivity contribution is 7.89. The number of hydrogen-bond donors (Lipinski definition) is 2. The average molecular weight is 510 g/mol. The molecule has 4 aromatic rings. The number of carbonyl (C=O) groups excluding carboxylic acids is 2. The van der Waals surface area contributed by atoms with Gasteiger partial charge in [0.25, 0.3) is 5.91 Å². The molecule has 1 heterocycles. The molecule has 0 atom stereocenters. The van der Waals surface area contributed by atoms with Crippen LogP contribution < -0.4 is 10.0 Å². The van der Waals surface area contributed by atoms with Crippen molar-refractivity contribution in [1.29, 1.82) is 0 Å². The monoisotopic (exact) mass is 509 g/mol. The highest BCUT2D eigenvalue weighted by Crippen LogP contribution is 2.29. The minimum atomic E-state index is -3.85. The van der Waals surface area contributed by atoms with E-state index >= 15 is 0 Å². The minimum absolute atomic E-state index is 0.0199. The van der Waals surface area contributed by atoms with Crippen LogP contribution in [0, 0.1) is 13.8 Å². The Morgan fingerprint density at radius 3 is 2.54 bits per heavy atom. The van der Waals surface area contributed by atoms with E-state index in [1.807, 2.05) is 44.2 Å². The number of carbonyl (C=O) groups is 2. The van der Waals surface area contributed by atoms with E-state index in [-0.39, 0.29) is 17.0 Å². The van der Waals surface area contributed by atoms with E-state index in [4.69, 9.17) is 4.74 Å². The minimum Gasteiger partial charge on any atom is -0.452 e. The number of nitrogens with one attached hydrogen (secondary N) is 2. The van der Waals surface area contributed by atoms with Crippen molar-refractivity contribution in [1.82, 2.24) is 9.71 Å². The summed E-state index contributed by atoms with van der Waals surface area (Å²) in [5, 5.41) is 3.05. The Balaban J connectivity index is 1.36. The zero-order valence-corrected chi connectivity index (χ0v) is 20.7. The summed E-state index contributed by atoms with van der Waals surface area (Å²) in [4.78, 5) is 29.1. The number of amides is 1. The van der Waals surface area contributed by atoms with Gasteiger partial charge in [-0.25, -0.2) is 22.9 Å². The van der Waals surface area contributed by atoms with Gasteiger partial charge in [-0.2, -0.15) is 0 Å². The number of esters is 1. The second-order valence-corrected chi connectivity index (χ2v) is 10.7. The maximum atomic E-state index is 12.6. The fourth-order valence-electron chi connectivity index (χ4n) is 3.44. The quantitative estimate of drug-likeness (QED) is 0.344. The Labute approximate surface area is 207 Å². The first-order valence-corrected chi connectivity index (χ1v) is 13.0. The average Bonchev–Trinajstić information content (AvgIpc) is 3.24. The van der Waals surface area contributed by atoms with Crippen molar-refractivity contribution in [3.8, 4) is 0 Å². The first-order chi connectivity index (χ1) is 16.7. The molecule has 0 radical (unpaired) electrons. The van der Waals surface area contributed by atoms with E-state index < -0.39 is 28.5 Å². The second kappa shape index (κ2) is 10.3. The van der Waals surface area contributed by atoms with Crippen LogP contribution in [0.1, 0.15) is 27.0 Å². The molecule has 10 heteroatoms. The molecule has 4 rings (SSSR count). The summed E-state index contributed by atoms with van der Waals surface area (Å²) in [6, 6.07) is 18.6. The lowest BCUT2D eigenvalue weighted by atomic mass is 10.1. The molecule has 0 aliphatic rings. The van der Waals surface area contributed by atoms with E-state index in [1.54, 1.807) is 12.1 Å². The van der Waals surface area contributed by atoms with Gasteiger partial charge in [0.2, 0.25) is 10.0 Å². The Kier molecular flexibility index (Phi) is 7.25. The van der Waals surface area contributed by atoms with Crippen LogP contribution in [0.15, 0.2) is 71.6 Å². The molecule has 0 bridgehead atoms. The van der Waals surface area contributed by atoms with E-state index in [9.17, 15) is 18.0 Å². The summed E-state index contributed by atoms with van der Waals surface area (Å²) in [5.41, 5.74) is 3.75. The highest BCUT2D eigenvalue weighted by Gasteiger charge is 2.18. The molecule has 3 aromatic carbocycles. The number of aromatic nitrogens is 1. The molecule has 2 N–H and O–H groups in total. The van der Waals surface area contributed by atoms with E-state index in [2.05, 4.69) is 15.0 Å². The van der Waals surface area contributed by atoms with Crippen LogP contribution in [-0.4, -0.2) is 31.9 Å². The van der Waals surface area contributed by atoms with Gasteiger partial charge in [-0.3, -0.25) is 10.1 Å². The molecule has 180 valence electrons. The van der Waals surface area contributed by atoms with Crippen LogP contribution in [0.4, 0.5) is 5.13 Å². The van der Waals surface area contributed by atoms with Crippen molar-refractivity contribution >= 4 is 48.6 Å². The Hall–Kier alpha value is -3.60. The van der Waals surface area contributed by atoms with Gasteiger partial charge in [0.1, 0.15) is 0 Å². The molecular weight excluding hydrogens is 486 g/mol. The normalized spacial score (nSPS) is 11.4. The molecule has 0 unspecified atom stereocenters. The number of fused-ring (bicyclic) bond motifs is 1. The molecule has 1 aromatic heterocycles. The lowest BCUT2D eigenvalue weighted by Gasteiger charge is -2.09. The molecule has 0 aliphatic heterocycles. The Morgan fingerprint density at radius 1 is 1.00 bits per heavy atom. The van der Waals surface area contributed by atoms with Gasteiger partial charge >= 0.3 is 5.97 Å². The van der Waals surface area contributed by atoms with Gasteiger partial charge in [0, 0.05) is 6.54 Å². The van der Waals surface area contributed by atoms with Gasteiger partial charge in [0.05, 0.1) is 20.7 Å². The van der Waals surface area contributed by atoms with Crippen molar-refractivity contribution in [2.45, 2.75) is 25.3 Å². The zero-order valence-electron chi connectivity index (χ0n) is 19.1. The third kappa shape index (κ3) is 6.10. The maximum absolute atomic E-state index is 12.6. The number of hydrogen-bond acceptors (Lipinski definition) is 7. The predicted octanol–water partition coefficient (Wildman–Crippen LogP) is 4.19. The SMILES string of the molecule is Cc1cc(C)c2nc(NC(=O)COC(=O)c3cccc(S(=O)(=O)NCc4ccccc4)c3)sc2c1. The summed E-state index contributed by atoms with van der Waals surface area (Å²) in [6.45, 7) is 3.52. The number of ether oxygens (including phenoxy) is 1. The first kappa shape index (κ1) is 24.5. The lowest BCUT2D eigenvalue weighted by Crippen LogP contribution is -2.24. The zero-order chi connectivity index (χ0) is 25.0. The van der Waals surface area contributed by atoms with Crippen LogP contribution >= 0.6 is 11.3 Å². The number of rotatable bonds is 8. The summed E-state index contributed by atoms with van der Waals surface area (Å²) >= 11 is 1.34. The number of nitrogens with zero attached hydrogens (tertiary/aromatic N) is 1. The summed E-state index contributed by atoms with van der Waals surface area (Å²) < 4.78 is 33.8. The number of benzene rings is 3. The molecule has 0 aliphatic carbocycles. The first-order valence-electron chi connectivity index (χ1n) is 10.7. The van der Waals surface area contributed by atoms with Crippen LogP contribution in [0.25, 0.3) is 10.2 Å². The van der Waals surface area contributed by atoms with E-state index in [1.165, 1.54) is 35.6 Å². The van der Waals surface area contributed by atoms with Gasteiger partial charge in [0.15, 0.2) is 11.7 Å². The highest BCUT2D eigenvalue weighted by atomic mass is 32.2. The van der Waals surface area contributed by atoms with E-state index in [0.717, 1.165) is 26.9 Å². The Morgan fingerprint density at radius 2 is 1.77 bits per heavy atom. The molecule has 0 saturated carbocycles. The summed E-state index contributed by atoms with van der Waals surface area (Å²) in [5.74, 6) is -1.35. The third-order valence-electron chi connectivity index (χ3n) is 5.10. The molecule has 8 nitrogen and oxygen atoms in total. The topological polar surface area (TPSA) is 114 Å². The fourth-order valence-corrected chi connectivity index (χ4v) is 5.56. The lowest BCUT2D eigenvalue weighted by molar-refractivity contribution is -0.119. The molecule has 0 spiro atoms. The Bertz CT molecular complexity index is 1500. The third-order valence-corrected chi connectivity index (χ3v) is 7.42. The number of thiazole rings is 1. The second-order valence-electron chi connectivity index (χ2n) is 7.91. The molecule has 1 amide bonds. The van der Waals surface area contributed by atoms with Gasteiger partial charge in [-0.1, -0.05) is 53.8 Å². The van der Waals surface area contributed by atoms with Crippen molar-refractivity contribution in [2.24, 2.45) is 0 Å². The largest absolute Gasteiger partial charge is 0.452 e. The van der Waals surface area contributed by atoms with Crippen LogP contribution in [0.2, 0.25) is 0 Å². The molecule has 0 saturated heterocycles. The van der Waals surface area contributed by atoms with Gasteiger partial charge < -0.3 is 4.74 Å². The van der Waals surface area contributed by atoms with Crippen LogP contribution in [0.5, 0.6) is 0 Å². The van der Waals surface area contributed by atoms with Crippen molar-refractivity contribution in [2.75, 3.05) is 11.9 Å². The predicted molar refractivity (Wildman–Crippen MR) is 135 cm³/mol. The summed E-state index contributed by atoms with van der Waals surface area (Å²) in [7, 11) is -3.85. The maximum Gasteiger partial charge on any atom is 0.338 e. The molecular formula is C25H23N3O5S2. The molecule has 35 heavy (non-hydrogen) atoms. The smallest absolute Gasteiger partial charge is 0.338 e. The number of sulfonamides is 1. The van der Waals surface area contributed by atoms with Crippen LogP contribution in [0.3, 0.4) is 0 Å². The van der Waals surface area contributed by atoms with Crippen molar-refractivity contribution in [3.05, 3.63) is 89.0 Å². The van der Waals surface area contributed by atoms with Gasteiger partial charge in [-0.05, 0) is 54.8 Å². The van der Waals surface area contributed by atoms with Crippen molar-refractivity contribution < 1.29 is 22.7 Å². The van der Waals surface area contributed by atoms with Crippen molar-refractivity contribution in [3.63, 3.8) is 0 Å². The molecule has 0 fully saturated rings. The van der Waals surface area contributed by atoms with Gasteiger partial charge in [-0.15, -0.1) is 0 Å². The van der Waals surface area contributed by atoms with Crippen LogP contribution in [-0.2, 0) is 26.1 Å². The number of aryl methyl sites for hydroxylation is 2. The standard InChI is InChI=1S/C25H23N3O5S2/c1-16-11-17(2)23-21(12-16)34-25(28-23)27-22(29)15-33-24(30)19-9-6-10-20(13-19)35(31,32)26-14-18-7-4-3-5-8-18/h3-13,26H,14-15H2,1-2H3,(H,27,28,29). The fraction of sp³-hybridized carbons (Fsp3) is 0.160.